The predicted octanol–water partition coefficient (Wildman–Crippen LogP) is 2.88. The minimum atomic E-state index is -0.549. The molecule has 1 aliphatic carbocycles. The van der Waals surface area contributed by atoms with Crippen molar-refractivity contribution in [3.8, 4) is 5.75 Å². The molecule has 1 aliphatic rings. The van der Waals surface area contributed by atoms with Crippen LogP contribution in [0.2, 0.25) is 0 Å². The van der Waals surface area contributed by atoms with E-state index in [1.807, 2.05) is 24.3 Å². The summed E-state index contributed by atoms with van der Waals surface area (Å²) in [4.78, 5) is 12.2. The molecule has 116 valence electrons. The normalized spacial score (nSPS) is 23.4. The van der Waals surface area contributed by atoms with E-state index in [-0.39, 0.29) is 24.5 Å². The lowest BCUT2D eigenvalue weighted by Gasteiger charge is -2.31. The summed E-state index contributed by atoms with van der Waals surface area (Å²) in [6, 6.07) is 7.47. The molecular weight excluding hydrogens is 334 g/mol. The highest BCUT2D eigenvalue weighted by Crippen LogP contribution is 2.24. The van der Waals surface area contributed by atoms with Crippen molar-refractivity contribution in [3.05, 3.63) is 28.7 Å². The van der Waals surface area contributed by atoms with E-state index < -0.39 is 6.10 Å². The lowest BCUT2D eigenvalue weighted by atomic mass is 9.85. The largest absolute Gasteiger partial charge is 0.481 e. The monoisotopic (exact) mass is 355 g/mol. The average molecular weight is 356 g/mol. The Hall–Kier alpha value is -1.07. The number of carbonyl (C=O) groups is 1. The van der Waals surface area contributed by atoms with Gasteiger partial charge in [-0.3, -0.25) is 4.79 Å². The van der Waals surface area contributed by atoms with Gasteiger partial charge in [-0.25, -0.2) is 0 Å². The van der Waals surface area contributed by atoms with Crippen LogP contribution in [0.25, 0.3) is 0 Å². The summed E-state index contributed by atoms with van der Waals surface area (Å²) in [5.41, 5.74) is 0. The molecule has 0 saturated heterocycles. The maximum Gasteiger partial charge on any atom is 0.261 e. The third-order valence-corrected chi connectivity index (χ3v) is 4.50. The summed E-state index contributed by atoms with van der Waals surface area (Å²) in [5, 5.41) is 12.4. The molecule has 1 fully saturated rings. The molecule has 0 radical (unpaired) electrons. The number of hydrogen-bond donors (Lipinski definition) is 2. The summed E-state index contributed by atoms with van der Waals surface area (Å²) < 4.78 is 6.62. The number of amides is 1. The molecule has 3 atom stereocenters. The van der Waals surface area contributed by atoms with Gasteiger partial charge in [0.25, 0.3) is 5.91 Å². The molecule has 1 aromatic rings. The van der Waals surface area contributed by atoms with Crippen LogP contribution < -0.4 is 10.1 Å². The number of ether oxygens (including phenoxy) is 1. The zero-order valence-electron chi connectivity index (χ0n) is 12.2. The number of rotatable bonds is 5. The molecule has 3 unspecified atom stereocenters. The quantitative estimate of drug-likeness (QED) is 0.853. The van der Waals surface area contributed by atoms with E-state index in [2.05, 4.69) is 21.2 Å². The third-order valence-electron chi connectivity index (χ3n) is 3.97. The molecule has 2 rings (SSSR count). The van der Waals surface area contributed by atoms with Gasteiger partial charge in [0.1, 0.15) is 5.75 Å². The maximum atomic E-state index is 12.2. The molecule has 0 aromatic heterocycles. The summed E-state index contributed by atoms with van der Waals surface area (Å²) in [6.45, 7) is 1.88. The van der Waals surface area contributed by atoms with Gasteiger partial charge >= 0.3 is 0 Å². The van der Waals surface area contributed by atoms with Crippen LogP contribution in [0.1, 0.15) is 32.6 Å². The van der Waals surface area contributed by atoms with Gasteiger partial charge < -0.3 is 15.2 Å². The fourth-order valence-corrected chi connectivity index (χ4v) is 2.95. The average Bonchev–Trinajstić information content (AvgIpc) is 2.50. The van der Waals surface area contributed by atoms with Crippen LogP contribution in [0, 0.1) is 5.92 Å². The Labute approximate surface area is 134 Å². The van der Waals surface area contributed by atoms with Gasteiger partial charge in [0, 0.05) is 23.0 Å². The van der Waals surface area contributed by atoms with Crippen molar-refractivity contribution in [2.45, 2.75) is 44.8 Å². The van der Waals surface area contributed by atoms with Gasteiger partial charge in [0.15, 0.2) is 6.10 Å². The first-order valence-corrected chi connectivity index (χ1v) is 8.23. The molecule has 1 aromatic carbocycles. The van der Waals surface area contributed by atoms with Crippen molar-refractivity contribution in [1.29, 1.82) is 0 Å². The standard InChI is InChI=1S/C16H22BrNO3/c1-11(21-14-8-6-13(17)7-9-14)16(20)18-15-5-3-2-4-12(15)10-19/h6-9,11-12,15,19H,2-5,10H2,1H3,(H,18,20). The maximum absolute atomic E-state index is 12.2. The lowest BCUT2D eigenvalue weighted by Crippen LogP contribution is -2.47. The zero-order chi connectivity index (χ0) is 15.2. The fourth-order valence-electron chi connectivity index (χ4n) is 2.69. The van der Waals surface area contributed by atoms with Crippen molar-refractivity contribution >= 4 is 21.8 Å². The van der Waals surface area contributed by atoms with Gasteiger partial charge in [-0.05, 0) is 44.0 Å². The summed E-state index contributed by atoms with van der Waals surface area (Å²) in [5.74, 6) is 0.717. The number of aliphatic hydroxyl groups excluding tert-OH is 1. The first kappa shape index (κ1) is 16.3. The predicted molar refractivity (Wildman–Crippen MR) is 85.2 cm³/mol. The van der Waals surface area contributed by atoms with E-state index in [9.17, 15) is 9.90 Å². The van der Waals surface area contributed by atoms with E-state index in [1.165, 1.54) is 0 Å². The fraction of sp³-hybridized carbons (Fsp3) is 0.562. The lowest BCUT2D eigenvalue weighted by molar-refractivity contribution is -0.128. The van der Waals surface area contributed by atoms with E-state index in [0.29, 0.717) is 5.75 Å². The van der Waals surface area contributed by atoms with Crippen LogP contribution in [0.3, 0.4) is 0 Å². The molecule has 0 spiro atoms. The van der Waals surface area contributed by atoms with Crippen LogP contribution in [-0.2, 0) is 4.79 Å². The first-order chi connectivity index (χ1) is 10.1. The molecule has 0 bridgehead atoms. The van der Waals surface area contributed by atoms with Crippen molar-refractivity contribution in [1.82, 2.24) is 5.32 Å². The zero-order valence-corrected chi connectivity index (χ0v) is 13.8. The Morgan fingerprint density at radius 3 is 2.71 bits per heavy atom. The Morgan fingerprint density at radius 1 is 1.38 bits per heavy atom. The minimum Gasteiger partial charge on any atom is -0.481 e. The molecule has 1 amide bonds. The SMILES string of the molecule is CC(Oc1ccc(Br)cc1)C(=O)NC1CCCCC1CO. The molecule has 21 heavy (non-hydrogen) atoms. The molecule has 5 heteroatoms. The van der Waals surface area contributed by atoms with Gasteiger partial charge in [0.05, 0.1) is 0 Å². The Kier molecular flexibility index (Phi) is 6.06. The number of hydrogen-bond acceptors (Lipinski definition) is 3. The van der Waals surface area contributed by atoms with E-state index in [0.717, 1.165) is 30.2 Å². The molecule has 0 heterocycles. The van der Waals surface area contributed by atoms with Crippen LogP contribution in [-0.4, -0.2) is 29.8 Å². The number of nitrogens with one attached hydrogen (secondary N) is 1. The van der Waals surface area contributed by atoms with Gasteiger partial charge in [-0.2, -0.15) is 0 Å². The van der Waals surface area contributed by atoms with E-state index in [4.69, 9.17) is 4.74 Å². The number of halogens is 1. The Bertz CT molecular complexity index is 463. The third kappa shape index (κ3) is 4.71. The first-order valence-electron chi connectivity index (χ1n) is 7.43. The Morgan fingerprint density at radius 2 is 2.05 bits per heavy atom. The number of aliphatic hydroxyl groups is 1. The highest BCUT2D eigenvalue weighted by molar-refractivity contribution is 9.10. The second-order valence-electron chi connectivity index (χ2n) is 5.56. The summed E-state index contributed by atoms with van der Waals surface area (Å²) in [7, 11) is 0. The topological polar surface area (TPSA) is 58.6 Å². The summed E-state index contributed by atoms with van der Waals surface area (Å²) >= 11 is 3.36. The Balaban J connectivity index is 1.88. The van der Waals surface area contributed by atoms with Crippen LogP contribution in [0.5, 0.6) is 5.75 Å². The van der Waals surface area contributed by atoms with E-state index in [1.54, 1.807) is 6.92 Å². The minimum absolute atomic E-state index is 0.0622. The van der Waals surface area contributed by atoms with Crippen molar-refractivity contribution in [2.24, 2.45) is 5.92 Å². The molecule has 4 nitrogen and oxygen atoms in total. The van der Waals surface area contributed by atoms with Crippen molar-refractivity contribution in [2.75, 3.05) is 6.61 Å². The second kappa shape index (κ2) is 7.80. The number of carbonyl (C=O) groups excluding carboxylic acids is 1. The van der Waals surface area contributed by atoms with Crippen LogP contribution in [0.15, 0.2) is 28.7 Å². The van der Waals surface area contributed by atoms with Crippen LogP contribution >= 0.6 is 15.9 Å². The van der Waals surface area contributed by atoms with Crippen LogP contribution in [0.4, 0.5) is 0 Å². The van der Waals surface area contributed by atoms with Crippen molar-refractivity contribution < 1.29 is 14.6 Å². The van der Waals surface area contributed by atoms with Gasteiger partial charge in [-0.15, -0.1) is 0 Å². The van der Waals surface area contributed by atoms with E-state index >= 15 is 0 Å². The molecular formula is C16H22BrNO3. The van der Waals surface area contributed by atoms with Crippen molar-refractivity contribution in [3.63, 3.8) is 0 Å². The molecule has 2 N–H and O–H groups in total. The van der Waals surface area contributed by atoms with Gasteiger partial charge in [0.2, 0.25) is 0 Å². The molecule has 0 aliphatic heterocycles. The smallest absolute Gasteiger partial charge is 0.261 e. The highest BCUT2D eigenvalue weighted by atomic mass is 79.9. The number of benzene rings is 1. The van der Waals surface area contributed by atoms with Gasteiger partial charge in [-0.1, -0.05) is 28.8 Å². The summed E-state index contributed by atoms with van der Waals surface area (Å²) in [6.07, 6.45) is 3.59. The molecule has 1 saturated carbocycles. The second-order valence-corrected chi connectivity index (χ2v) is 6.47. The highest BCUT2D eigenvalue weighted by Gasteiger charge is 2.27.